The zero-order valence-corrected chi connectivity index (χ0v) is 13.9. The third kappa shape index (κ3) is 2.87. The Morgan fingerprint density at radius 2 is 1.92 bits per heavy atom. The molecule has 1 aromatic carbocycles. The van der Waals surface area contributed by atoms with Gasteiger partial charge >= 0.3 is 0 Å². The summed E-state index contributed by atoms with van der Waals surface area (Å²) < 4.78 is 1.78. The van der Waals surface area contributed by atoms with Gasteiger partial charge in [-0.1, -0.05) is 18.2 Å². The Morgan fingerprint density at radius 1 is 1.04 bits per heavy atom. The van der Waals surface area contributed by atoms with Crippen LogP contribution in [0.2, 0.25) is 0 Å². The zero-order chi connectivity index (χ0) is 17.2. The van der Waals surface area contributed by atoms with E-state index in [4.69, 9.17) is 0 Å². The maximum atomic E-state index is 4.60. The van der Waals surface area contributed by atoms with E-state index in [1.54, 1.807) is 23.3 Å². The van der Waals surface area contributed by atoms with Gasteiger partial charge in [-0.05, 0) is 18.2 Å². The summed E-state index contributed by atoms with van der Waals surface area (Å²) in [5, 5.41) is 11.7. The average molecular weight is 331 g/mol. The highest BCUT2D eigenvalue weighted by Crippen LogP contribution is 2.26. The standard InChI is InChI=1S/C18H17N7/c1-19-17-14(11-22-25(17)2)16-7-8-20-18(24-16)23-13-9-12-5-3-4-6-15(12)21-10-13/h3-11,19H,1-2H3,(H,20,23,24). The number of para-hydroxylation sites is 1. The normalized spacial score (nSPS) is 10.8. The highest BCUT2D eigenvalue weighted by Gasteiger charge is 2.11. The van der Waals surface area contributed by atoms with Crippen molar-refractivity contribution in [2.75, 3.05) is 17.7 Å². The first-order valence-corrected chi connectivity index (χ1v) is 7.89. The van der Waals surface area contributed by atoms with Gasteiger partial charge in [-0.15, -0.1) is 0 Å². The van der Waals surface area contributed by atoms with Crippen LogP contribution in [0.3, 0.4) is 0 Å². The Morgan fingerprint density at radius 3 is 2.80 bits per heavy atom. The molecule has 4 rings (SSSR count). The number of aromatic nitrogens is 5. The third-order valence-electron chi connectivity index (χ3n) is 3.95. The number of pyridine rings is 1. The van der Waals surface area contributed by atoms with Crippen molar-refractivity contribution < 1.29 is 0 Å². The van der Waals surface area contributed by atoms with Crippen molar-refractivity contribution in [3.63, 3.8) is 0 Å². The summed E-state index contributed by atoms with van der Waals surface area (Å²) in [5.41, 5.74) is 3.52. The Bertz CT molecular complexity index is 1040. The van der Waals surface area contributed by atoms with E-state index in [0.29, 0.717) is 5.95 Å². The van der Waals surface area contributed by atoms with E-state index in [1.807, 2.05) is 50.5 Å². The smallest absolute Gasteiger partial charge is 0.227 e. The highest BCUT2D eigenvalue weighted by molar-refractivity contribution is 5.82. The predicted octanol–water partition coefficient (Wildman–Crippen LogP) is 3.21. The molecule has 25 heavy (non-hydrogen) atoms. The maximum Gasteiger partial charge on any atom is 0.227 e. The summed E-state index contributed by atoms with van der Waals surface area (Å²) in [7, 11) is 3.75. The van der Waals surface area contributed by atoms with Crippen LogP contribution in [0.4, 0.5) is 17.5 Å². The second-order valence-corrected chi connectivity index (χ2v) is 5.59. The third-order valence-corrected chi connectivity index (χ3v) is 3.95. The number of hydrogen-bond acceptors (Lipinski definition) is 6. The van der Waals surface area contributed by atoms with Crippen LogP contribution in [0.5, 0.6) is 0 Å². The molecule has 0 aliphatic carbocycles. The summed E-state index contributed by atoms with van der Waals surface area (Å²) in [6.07, 6.45) is 5.29. The molecule has 3 heterocycles. The first-order valence-electron chi connectivity index (χ1n) is 7.89. The molecule has 0 fully saturated rings. The minimum absolute atomic E-state index is 0.514. The second-order valence-electron chi connectivity index (χ2n) is 5.59. The molecular weight excluding hydrogens is 314 g/mol. The fourth-order valence-corrected chi connectivity index (χ4v) is 2.76. The second kappa shape index (κ2) is 6.20. The summed E-state index contributed by atoms with van der Waals surface area (Å²) >= 11 is 0. The Kier molecular flexibility index (Phi) is 3.74. The van der Waals surface area contributed by atoms with Crippen molar-refractivity contribution in [2.45, 2.75) is 0 Å². The van der Waals surface area contributed by atoms with Crippen molar-refractivity contribution in [1.29, 1.82) is 0 Å². The van der Waals surface area contributed by atoms with Gasteiger partial charge in [-0.2, -0.15) is 5.10 Å². The van der Waals surface area contributed by atoms with Crippen LogP contribution >= 0.6 is 0 Å². The van der Waals surface area contributed by atoms with Gasteiger partial charge in [0.25, 0.3) is 0 Å². The Labute approximate surface area is 144 Å². The number of benzene rings is 1. The van der Waals surface area contributed by atoms with Crippen molar-refractivity contribution >= 4 is 28.4 Å². The van der Waals surface area contributed by atoms with Gasteiger partial charge in [0.2, 0.25) is 5.95 Å². The topological polar surface area (TPSA) is 80.6 Å². The molecule has 4 aromatic rings. The van der Waals surface area contributed by atoms with Crippen molar-refractivity contribution in [1.82, 2.24) is 24.7 Å². The fraction of sp³-hybridized carbons (Fsp3) is 0.111. The molecule has 0 unspecified atom stereocenters. The molecule has 0 bridgehead atoms. The van der Waals surface area contributed by atoms with E-state index < -0.39 is 0 Å². The zero-order valence-electron chi connectivity index (χ0n) is 13.9. The molecule has 124 valence electrons. The van der Waals surface area contributed by atoms with Crippen molar-refractivity contribution in [2.24, 2.45) is 7.05 Å². The van der Waals surface area contributed by atoms with Crippen LogP contribution in [0.25, 0.3) is 22.2 Å². The molecule has 0 amide bonds. The quantitative estimate of drug-likeness (QED) is 0.598. The minimum atomic E-state index is 0.514. The fourth-order valence-electron chi connectivity index (χ4n) is 2.76. The van der Waals surface area contributed by atoms with Gasteiger partial charge in [-0.25, -0.2) is 9.97 Å². The first kappa shape index (κ1) is 15.1. The van der Waals surface area contributed by atoms with E-state index in [0.717, 1.165) is 33.7 Å². The van der Waals surface area contributed by atoms with Gasteiger partial charge in [0.15, 0.2) is 0 Å². The number of nitrogens with zero attached hydrogens (tertiary/aromatic N) is 5. The Balaban J connectivity index is 1.66. The first-order chi connectivity index (χ1) is 12.2. The van der Waals surface area contributed by atoms with Gasteiger partial charge in [0, 0.05) is 25.7 Å². The number of fused-ring (bicyclic) bond motifs is 1. The molecule has 7 heteroatoms. The molecular formula is C18H17N7. The number of nitrogens with one attached hydrogen (secondary N) is 2. The number of hydrogen-bond donors (Lipinski definition) is 2. The van der Waals surface area contributed by atoms with Crippen LogP contribution in [0.1, 0.15) is 0 Å². The number of aryl methyl sites for hydroxylation is 1. The summed E-state index contributed by atoms with van der Waals surface area (Å²) in [5.74, 6) is 1.41. The molecule has 2 N–H and O–H groups in total. The van der Waals surface area contributed by atoms with Gasteiger partial charge < -0.3 is 10.6 Å². The molecule has 0 saturated heterocycles. The van der Waals surface area contributed by atoms with Gasteiger partial charge in [-0.3, -0.25) is 9.67 Å². The van der Waals surface area contributed by atoms with E-state index in [-0.39, 0.29) is 0 Å². The van der Waals surface area contributed by atoms with Crippen molar-refractivity contribution in [3.8, 4) is 11.3 Å². The van der Waals surface area contributed by atoms with Crippen LogP contribution in [0.15, 0.2) is 55.0 Å². The molecule has 3 aromatic heterocycles. The lowest BCUT2D eigenvalue weighted by atomic mass is 10.2. The predicted molar refractivity (Wildman–Crippen MR) is 98.8 cm³/mol. The summed E-state index contributed by atoms with van der Waals surface area (Å²) in [6, 6.07) is 11.9. The molecule has 0 atom stereocenters. The lowest BCUT2D eigenvalue weighted by Crippen LogP contribution is -2.01. The monoisotopic (exact) mass is 331 g/mol. The lowest BCUT2D eigenvalue weighted by Gasteiger charge is -2.08. The van der Waals surface area contributed by atoms with E-state index in [2.05, 4.69) is 30.7 Å². The molecule has 0 radical (unpaired) electrons. The lowest BCUT2D eigenvalue weighted by molar-refractivity contribution is 0.775. The van der Waals surface area contributed by atoms with Crippen molar-refractivity contribution in [3.05, 3.63) is 55.0 Å². The SMILES string of the molecule is CNc1c(-c2ccnc(Nc3cnc4ccccc4c3)n2)cnn1C. The van der Waals surface area contributed by atoms with E-state index >= 15 is 0 Å². The molecule has 7 nitrogen and oxygen atoms in total. The van der Waals surface area contributed by atoms with Gasteiger partial charge in [0.05, 0.1) is 34.9 Å². The molecule has 0 saturated carbocycles. The Hall–Kier alpha value is -3.48. The molecule has 0 spiro atoms. The van der Waals surface area contributed by atoms with Crippen LogP contribution in [0, 0.1) is 0 Å². The minimum Gasteiger partial charge on any atom is -0.373 e. The average Bonchev–Trinajstić information content (AvgIpc) is 3.02. The van der Waals surface area contributed by atoms with E-state index in [9.17, 15) is 0 Å². The van der Waals surface area contributed by atoms with Gasteiger partial charge in [0.1, 0.15) is 5.82 Å². The number of rotatable bonds is 4. The number of anilines is 3. The molecule has 0 aliphatic rings. The van der Waals surface area contributed by atoms with Crippen LogP contribution < -0.4 is 10.6 Å². The van der Waals surface area contributed by atoms with Crippen LogP contribution in [-0.2, 0) is 7.05 Å². The highest BCUT2D eigenvalue weighted by atomic mass is 15.3. The van der Waals surface area contributed by atoms with Crippen LogP contribution in [-0.4, -0.2) is 31.8 Å². The molecule has 0 aliphatic heterocycles. The maximum absolute atomic E-state index is 4.60. The summed E-state index contributed by atoms with van der Waals surface area (Å²) in [6.45, 7) is 0. The van der Waals surface area contributed by atoms with E-state index in [1.165, 1.54) is 0 Å². The largest absolute Gasteiger partial charge is 0.373 e. The summed E-state index contributed by atoms with van der Waals surface area (Å²) in [4.78, 5) is 13.3.